The third kappa shape index (κ3) is 3.90. The summed E-state index contributed by atoms with van der Waals surface area (Å²) < 4.78 is 15.5. The smallest absolute Gasteiger partial charge is 0.253 e. The minimum Gasteiger partial charge on any atom is -0.345 e. The zero-order chi connectivity index (χ0) is 21.1. The minimum absolute atomic E-state index is 0.118. The van der Waals surface area contributed by atoms with Crippen molar-refractivity contribution in [2.75, 3.05) is 0 Å². The Morgan fingerprint density at radius 1 is 0.900 bits per heavy atom. The quantitative estimate of drug-likeness (QED) is 0.434. The summed E-state index contributed by atoms with van der Waals surface area (Å²) in [5.41, 5.74) is 5.13. The number of aromatic nitrogens is 1. The molecule has 0 radical (unpaired) electrons. The fourth-order valence-electron chi connectivity index (χ4n) is 3.68. The van der Waals surface area contributed by atoms with Crippen LogP contribution in [0.1, 0.15) is 34.6 Å². The molecule has 0 bridgehead atoms. The summed E-state index contributed by atoms with van der Waals surface area (Å²) in [6, 6.07) is 27.9. The van der Waals surface area contributed by atoms with E-state index in [-0.39, 0.29) is 17.8 Å². The molecule has 30 heavy (non-hydrogen) atoms. The summed E-state index contributed by atoms with van der Waals surface area (Å²) in [5, 5.41) is 3.09. The highest BCUT2D eigenvalue weighted by atomic mass is 19.1. The van der Waals surface area contributed by atoms with Gasteiger partial charge in [0.15, 0.2) is 0 Å². The molecule has 0 aliphatic carbocycles. The van der Waals surface area contributed by atoms with Gasteiger partial charge in [0.25, 0.3) is 5.91 Å². The van der Waals surface area contributed by atoms with Gasteiger partial charge in [0.1, 0.15) is 5.82 Å². The Bertz CT molecular complexity index is 1150. The molecule has 0 spiro atoms. The number of hydrogen-bond donors (Lipinski definition) is 1. The van der Waals surface area contributed by atoms with E-state index in [2.05, 4.69) is 5.32 Å². The van der Waals surface area contributed by atoms with E-state index in [9.17, 15) is 9.18 Å². The van der Waals surface area contributed by atoms with Gasteiger partial charge in [-0.1, -0.05) is 60.7 Å². The molecule has 4 aromatic rings. The van der Waals surface area contributed by atoms with Crippen LogP contribution in [0.2, 0.25) is 0 Å². The Morgan fingerprint density at radius 2 is 1.50 bits per heavy atom. The van der Waals surface area contributed by atoms with Crippen molar-refractivity contribution in [2.24, 2.45) is 0 Å². The molecule has 0 aliphatic rings. The number of benzene rings is 3. The molecular formula is C26H23FN2O. The first-order valence-electron chi connectivity index (χ1n) is 9.94. The van der Waals surface area contributed by atoms with Crippen molar-refractivity contribution in [1.82, 2.24) is 9.88 Å². The largest absolute Gasteiger partial charge is 0.345 e. The predicted octanol–water partition coefficient (Wildman–Crippen LogP) is 6.08. The van der Waals surface area contributed by atoms with Gasteiger partial charge in [-0.15, -0.1) is 0 Å². The van der Waals surface area contributed by atoms with Crippen LogP contribution >= 0.6 is 0 Å². The molecule has 4 heteroatoms. The Balaban J connectivity index is 1.75. The van der Waals surface area contributed by atoms with Crippen LogP contribution in [0.15, 0.2) is 91.0 Å². The van der Waals surface area contributed by atoms with E-state index in [4.69, 9.17) is 0 Å². The fourth-order valence-corrected chi connectivity index (χ4v) is 3.68. The van der Waals surface area contributed by atoms with Gasteiger partial charge < -0.3 is 9.88 Å². The van der Waals surface area contributed by atoms with Crippen molar-refractivity contribution in [3.63, 3.8) is 0 Å². The zero-order valence-corrected chi connectivity index (χ0v) is 17.0. The summed E-state index contributed by atoms with van der Waals surface area (Å²) in [4.78, 5) is 13.1. The van der Waals surface area contributed by atoms with Crippen LogP contribution in [0.3, 0.4) is 0 Å². The Morgan fingerprint density at radius 3 is 2.13 bits per heavy atom. The van der Waals surface area contributed by atoms with Gasteiger partial charge in [-0.3, -0.25) is 4.79 Å². The Hall–Kier alpha value is -3.66. The highest BCUT2D eigenvalue weighted by Crippen LogP contribution is 2.30. The number of hydrogen-bond acceptors (Lipinski definition) is 1. The van der Waals surface area contributed by atoms with Gasteiger partial charge in [0.2, 0.25) is 0 Å². The van der Waals surface area contributed by atoms with Crippen LogP contribution in [0.25, 0.3) is 16.9 Å². The molecule has 0 fully saturated rings. The minimum atomic E-state index is -0.292. The number of carbonyl (C=O) groups is 1. The third-order valence-corrected chi connectivity index (χ3v) is 5.29. The standard InChI is InChI=1S/C26H23FN2O/c1-18(20-9-5-3-6-10-20)28-26(30)24-17-25(21-11-7-4-8-12-21)29(19(24)2)23-15-13-22(27)14-16-23/h3-18H,1-2H3,(H,28,30)/t18-/m1/s1. The van der Waals surface area contributed by atoms with Crippen LogP contribution in [-0.2, 0) is 0 Å². The molecule has 150 valence electrons. The SMILES string of the molecule is Cc1c(C(=O)N[C@H](C)c2ccccc2)cc(-c2ccccc2)n1-c1ccc(F)cc1. The first-order chi connectivity index (χ1) is 14.5. The average molecular weight is 398 g/mol. The Kier molecular flexibility index (Phi) is 5.48. The summed E-state index contributed by atoms with van der Waals surface area (Å²) >= 11 is 0. The van der Waals surface area contributed by atoms with Crippen molar-refractivity contribution >= 4 is 5.91 Å². The average Bonchev–Trinajstić information content (AvgIpc) is 3.13. The lowest BCUT2D eigenvalue weighted by atomic mass is 10.1. The first-order valence-corrected chi connectivity index (χ1v) is 9.94. The van der Waals surface area contributed by atoms with Crippen LogP contribution in [-0.4, -0.2) is 10.5 Å². The van der Waals surface area contributed by atoms with Crippen LogP contribution in [0, 0.1) is 12.7 Å². The normalized spacial score (nSPS) is 11.8. The first kappa shape index (κ1) is 19.6. The van der Waals surface area contributed by atoms with Crippen molar-refractivity contribution in [3.05, 3.63) is 114 Å². The lowest BCUT2D eigenvalue weighted by Gasteiger charge is -2.15. The maximum Gasteiger partial charge on any atom is 0.253 e. The molecule has 0 unspecified atom stereocenters. The molecule has 0 aliphatic heterocycles. The van der Waals surface area contributed by atoms with Gasteiger partial charge >= 0.3 is 0 Å². The topological polar surface area (TPSA) is 34.0 Å². The van der Waals surface area contributed by atoms with E-state index in [1.165, 1.54) is 12.1 Å². The zero-order valence-electron chi connectivity index (χ0n) is 17.0. The second-order valence-corrected chi connectivity index (χ2v) is 7.31. The number of amides is 1. The van der Waals surface area contributed by atoms with Gasteiger partial charge in [-0.05, 0) is 55.3 Å². The molecule has 4 rings (SSSR count). The highest BCUT2D eigenvalue weighted by Gasteiger charge is 2.21. The van der Waals surface area contributed by atoms with Crippen LogP contribution in [0.5, 0.6) is 0 Å². The molecule has 1 N–H and O–H groups in total. The second-order valence-electron chi connectivity index (χ2n) is 7.31. The van der Waals surface area contributed by atoms with E-state index in [0.29, 0.717) is 5.56 Å². The molecule has 1 atom stereocenters. The van der Waals surface area contributed by atoms with Gasteiger partial charge in [0.05, 0.1) is 17.3 Å². The number of rotatable bonds is 5. The predicted molar refractivity (Wildman–Crippen MR) is 118 cm³/mol. The maximum absolute atomic E-state index is 13.5. The molecule has 1 aromatic heterocycles. The third-order valence-electron chi connectivity index (χ3n) is 5.29. The van der Waals surface area contributed by atoms with Crippen molar-refractivity contribution in [2.45, 2.75) is 19.9 Å². The summed E-state index contributed by atoms with van der Waals surface area (Å²) in [6.07, 6.45) is 0. The molecule has 3 aromatic carbocycles. The van der Waals surface area contributed by atoms with E-state index in [1.807, 2.05) is 85.1 Å². The molecular weight excluding hydrogens is 375 g/mol. The monoisotopic (exact) mass is 398 g/mol. The second kappa shape index (κ2) is 8.37. The molecule has 1 heterocycles. The molecule has 3 nitrogen and oxygen atoms in total. The molecule has 0 saturated carbocycles. The van der Waals surface area contributed by atoms with E-state index in [1.54, 1.807) is 12.1 Å². The van der Waals surface area contributed by atoms with E-state index < -0.39 is 0 Å². The fraction of sp³-hybridized carbons (Fsp3) is 0.115. The van der Waals surface area contributed by atoms with E-state index >= 15 is 0 Å². The number of nitrogens with zero attached hydrogens (tertiary/aromatic N) is 1. The van der Waals surface area contributed by atoms with Crippen LogP contribution in [0.4, 0.5) is 4.39 Å². The summed E-state index contributed by atoms with van der Waals surface area (Å²) in [6.45, 7) is 3.88. The van der Waals surface area contributed by atoms with Crippen LogP contribution < -0.4 is 5.32 Å². The van der Waals surface area contributed by atoms with Crippen molar-refractivity contribution in [3.8, 4) is 16.9 Å². The molecule has 0 saturated heterocycles. The van der Waals surface area contributed by atoms with Gasteiger partial charge in [-0.25, -0.2) is 4.39 Å². The van der Waals surface area contributed by atoms with Crippen molar-refractivity contribution < 1.29 is 9.18 Å². The van der Waals surface area contributed by atoms with Gasteiger partial charge in [-0.2, -0.15) is 0 Å². The lowest BCUT2D eigenvalue weighted by Crippen LogP contribution is -2.27. The number of carbonyl (C=O) groups excluding carboxylic acids is 1. The molecule has 1 amide bonds. The van der Waals surface area contributed by atoms with Crippen molar-refractivity contribution in [1.29, 1.82) is 0 Å². The highest BCUT2D eigenvalue weighted by molar-refractivity contribution is 5.97. The summed E-state index contributed by atoms with van der Waals surface area (Å²) in [7, 11) is 0. The lowest BCUT2D eigenvalue weighted by molar-refractivity contribution is 0.0939. The number of nitrogens with one attached hydrogen (secondary N) is 1. The number of halogens is 1. The summed E-state index contributed by atoms with van der Waals surface area (Å²) in [5.74, 6) is -0.429. The van der Waals surface area contributed by atoms with Gasteiger partial charge in [0, 0.05) is 11.4 Å². The Labute approximate surface area is 175 Å². The van der Waals surface area contributed by atoms with E-state index in [0.717, 1.165) is 28.2 Å². The maximum atomic E-state index is 13.5.